The molecule has 2 heterocycles. The molecule has 0 bridgehead atoms. The second-order valence-corrected chi connectivity index (χ2v) is 9.13. The quantitative estimate of drug-likeness (QED) is 0.566. The molecule has 5 rings (SSSR count). The van der Waals surface area contributed by atoms with E-state index in [-0.39, 0.29) is 18.4 Å². The first-order chi connectivity index (χ1) is 16.0. The molecule has 0 saturated carbocycles. The number of carbonyl (C=O) groups is 2. The van der Waals surface area contributed by atoms with Crippen LogP contribution >= 0.6 is 11.8 Å². The standard InChI is InChI=1S/C25H20F2N2O3S/c1-32-18-6-4-5-17(14-18)23(30)29-11-12-33-25(29)19-7-2-3-8-22(19)28(24(25)31)15-16-9-10-20(26)21(27)13-16/h2-10,13-14H,11-12,15H2,1H3/t25-/m1/s1. The van der Waals surface area contributed by atoms with E-state index in [2.05, 4.69) is 0 Å². The van der Waals surface area contributed by atoms with Crippen molar-refractivity contribution in [3.8, 4) is 5.75 Å². The number of hydrogen-bond donors (Lipinski definition) is 0. The number of carbonyl (C=O) groups excluding carboxylic acids is 2. The fraction of sp³-hybridized carbons (Fsp3) is 0.200. The number of fused-ring (bicyclic) bond motifs is 2. The summed E-state index contributed by atoms with van der Waals surface area (Å²) in [6.07, 6.45) is 0. The molecule has 0 N–H and O–H groups in total. The number of halogens is 2. The van der Waals surface area contributed by atoms with Crippen molar-refractivity contribution < 1.29 is 23.1 Å². The maximum Gasteiger partial charge on any atom is 0.268 e. The molecule has 2 aliphatic heterocycles. The highest BCUT2D eigenvalue weighted by Gasteiger charge is 2.59. The molecular formula is C25H20F2N2O3S. The van der Waals surface area contributed by atoms with Crippen molar-refractivity contribution in [1.29, 1.82) is 0 Å². The predicted molar refractivity (Wildman–Crippen MR) is 122 cm³/mol. The lowest BCUT2D eigenvalue weighted by Gasteiger charge is -2.33. The van der Waals surface area contributed by atoms with Crippen molar-refractivity contribution >= 4 is 29.3 Å². The number of hydrogen-bond acceptors (Lipinski definition) is 4. The van der Waals surface area contributed by atoms with Crippen LogP contribution in [0.4, 0.5) is 14.5 Å². The van der Waals surface area contributed by atoms with Gasteiger partial charge in [-0.25, -0.2) is 8.78 Å². The highest BCUT2D eigenvalue weighted by molar-refractivity contribution is 8.01. The molecule has 3 aromatic carbocycles. The summed E-state index contributed by atoms with van der Waals surface area (Å²) in [4.78, 5) is 29.4. The molecule has 0 radical (unpaired) electrons. The van der Waals surface area contributed by atoms with Crippen LogP contribution in [0, 0.1) is 11.6 Å². The third kappa shape index (κ3) is 3.36. The van der Waals surface area contributed by atoms with E-state index in [0.29, 0.717) is 34.9 Å². The van der Waals surface area contributed by atoms with Crippen LogP contribution in [0.25, 0.3) is 0 Å². The second kappa shape index (κ2) is 8.19. The summed E-state index contributed by atoms with van der Waals surface area (Å²) in [7, 11) is 1.53. The SMILES string of the molecule is COc1cccc(C(=O)N2CCS[C@]23C(=O)N(Cc2ccc(F)c(F)c2)c2ccccc23)c1. The van der Waals surface area contributed by atoms with E-state index in [0.717, 1.165) is 17.7 Å². The fourth-order valence-corrected chi connectivity index (χ4v) is 5.92. The van der Waals surface area contributed by atoms with Crippen LogP contribution in [0.1, 0.15) is 21.5 Å². The summed E-state index contributed by atoms with van der Waals surface area (Å²) >= 11 is 1.41. The normalized spacial score (nSPS) is 19.3. The number of amides is 2. The minimum Gasteiger partial charge on any atom is -0.497 e. The number of methoxy groups -OCH3 is 1. The number of anilines is 1. The summed E-state index contributed by atoms with van der Waals surface area (Å²) in [5, 5.41) is 0. The molecule has 0 aliphatic carbocycles. The molecule has 8 heteroatoms. The molecule has 168 valence electrons. The topological polar surface area (TPSA) is 49.9 Å². The van der Waals surface area contributed by atoms with Crippen molar-refractivity contribution in [2.24, 2.45) is 0 Å². The smallest absolute Gasteiger partial charge is 0.268 e. The zero-order chi connectivity index (χ0) is 23.2. The van der Waals surface area contributed by atoms with Gasteiger partial charge in [-0.2, -0.15) is 0 Å². The Morgan fingerprint density at radius 3 is 2.67 bits per heavy atom. The van der Waals surface area contributed by atoms with Gasteiger partial charge in [0.2, 0.25) is 0 Å². The maximum absolute atomic E-state index is 13.9. The van der Waals surface area contributed by atoms with Crippen LogP contribution < -0.4 is 9.64 Å². The Kier molecular flexibility index (Phi) is 5.32. The van der Waals surface area contributed by atoms with Gasteiger partial charge in [0.05, 0.1) is 19.3 Å². The summed E-state index contributed by atoms with van der Waals surface area (Å²) in [6.45, 7) is 0.469. The first-order valence-corrected chi connectivity index (χ1v) is 11.4. The molecule has 0 aromatic heterocycles. The average molecular weight is 467 g/mol. The third-order valence-corrected chi connectivity index (χ3v) is 7.41. The largest absolute Gasteiger partial charge is 0.497 e. The highest BCUT2D eigenvalue weighted by atomic mass is 32.2. The van der Waals surface area contributed by atoms with E-state index in [9.17, 15) is 18.4 Å². The Balaban J connectivity index is 1.56. The Morgan fingerprint density at radius 2 is 1.88 bits per heavy atom. The summed E-state index contributed by atoms with van der Waals surface area (Å²) in [6, 6.07) is 17.8. The third-order valence-electron chi connectivity index (χ3n) is 5.99. The summed E-state index contributed by atoms with van der Waals surface area (Å²) < 4.78 is 32.5. The molecule has 1 spiro atoms. The Hall–Kier alpha value is -3.39. The van der Waals surface area contributed by atoms with E-state index in [1.54, 1.807) is 34.1 Å². The molecule has 3 aromatic rings. The zero-order valence-corrected chi connectivity index (χ0v) is 18.6. The van der Waals surface area contributed by atoms with Crippen molar-refractivity contribution in [3.05, 3.63) is 95.1 Å². The molecule has 2 aliphatic rings. The first-order valence-electron chi connectivity index (χ1n) is 10.4. The molecule has 1 fully saturated rings. The van der Waals surface area contributed by atoms with Crippen LogP contribution in [0.3, 0.4) is 0 Å². The van der Waals surface area contributed by atoms with Gasteiger partial charge in [0.15, 0.2) is 16.5 Å². The monoisotopic (exact) mass is 466 g/mol. The Morgan fingerprint density at radius 1 is 1.06 bits per heavy atom. The van der Waals surface area contributed by atoms with E-state index in [1.807, 2.05) is 24.3 Å². The van der Waals surface area contributed by atoms with Gasteiger partial charge in [-0.05, 0) is 42.0 Å². The lowest BCUT2D eigenvalue weighted by atomic mass is 10.0. The highest BCUT2D eigenvalue weighted by Crippen LogP contribution is 2.54. The molecular weight excluding hydrogens is 446 g/mol. The number of ether oxygens (including phenoxy) is 1. The average Bonchev–Trinajstić information content (AvgIpc) is 3.38. The lowest BCUT2D eigenvalue weighted by Crippen LogP contribution is -2.50. The predicted octanol–water partition coefficient (Wildman–Crippen LogP) is 4.56. The van der Waals surface area contributed by atoms with Crippen molar-refractivity contribution in [2.75, 3.05) is 24.3 Å². The zero-order valence-electron chi connectivity index (χ0n) is 17.8. The number of thioether (sulfide) groups is 1. The Labute approximate surface area is 193 Å². The maximum atomic E-state index is 13.9. The minimum absolute atomic E-state index is 0.0660. The molecule has 2 amide bonds. The van der Waals surface area contributed by atoms with Gasteiger partial charge >= 0.3 is 0 Å². The van der Waals surface area contributed by atoms with E-state index in [1.165, 1.54) is 24.9 Å². The van der Waals surface area contributed by atoms with E-state index < -0.39 is 16.5 Å². The van der Waals surface area contributed by atoms with Gasteiger partial charge in [0.1, 0.15) is 5.75 Å². The van der Waals surface area contributed by atoms with Crippen LogP contribution in [0.15, 0.2) is 66.7 Å². The number of para-hydroxylation sites is 1. The van der Waals surface area contributed by atoms with Gasteiger partial charge in [-0.3, -0.25) is 9.59 Å². The molecule has 5 nitrogen and oxygen atoms in total. The van der Waals surface area contributed by atoms with Crippen molar-refractivity contribution in [1.82, 2.24) is 4.90 Å². The fourth-order valence-electron chi connectivity index (χ4n) is 4.46. The van der Waals surface area contributed by atoms with Crippen LogP contribution in [-0.4, -0.2) is 36.1 Å². The second-order valence-electron chi connectivity index (χ2n) is 7.84. The van der Waals surface area contributed by atoms with Gasteiger partial charge in [-0.1, -0.05) is 30.3 Å². The molecule has 1 atom stereocenters. The van der Waals surface area contributed by atoms with Crippen LogP contribution in [-0.2, 0) is 16.2 Å². The molecule has 33 heavy (non-hydrogen) atoms. The van der Waals surface area contributed by atoms with Crippen molar-refractivity contribution in [2.45, 2.75) is 11.4 Å². The summed E-state index contributed by atoms with van der Waals surface area (Å²) in [5.74, 6) is -1.30. The van der Waals surface area contributed by atoms with Gasteiger partial charge < -0.3 is 14.5 Å². The number of benzene rings is 3. The minimum atomic E-state index is -1.21. The van der Waals surface area contributed by atoms with Crippen molar-refractivity contribution in [3.63, 3.8) is 0 Å². The van der Waals surface area contributed by atoms with Gasteiger partial charge in [-0.15, -0.1) is 11.8 Å². The van der Waals surface area contributed by atoms with Gasteiger partial charge in [0, 0.05) is 23.4 Å². The summed E-state index contributed by atoms with van der Waals surface area (Å²) in [5.41, 5.74) is 2.27. The van der Waals surface area contributed by atoms with Gasteiger partial charge in [0.25, 0.3) is 11.8 Å². The number of rotatable bonds is 4. The van der Waals surface area contributed by atoms with E-state index in [4.69, 9.17) is 4.74 Å². The Bertz CT molecular complexity index is 1270. The molecule has 0 unspecified atom stereocenters. The molecule has 1 saturated heterocycles. The lowest BCUT2D eigenvalue weighted by molar-refractivity contribution is -0.123. The van der Waals surface area contributed by atoms with Crippen LogP contribution in [0.2, 0.25) is 0 Å². The van der Waals surface area contributed by atoms with E-state index >= 15 is 0 Å². The number of nitrogens with zero attached hydrogens (tertiary/aromatic N) is 2. The van der Waals surface area contributed by atoms with Crippen LogP contribution in [0.5, 0.6) is 5.75 Å². The first kappa shape index (κ1) is 21.5.